The van der Waals surface area contributed by atoms with Gasteiger partial charge in [-0.25, -0.2) is 4.79 Å². The van der Waals surface area contributed by atoms with Gasteiger partial charge in [-0.15, -0.1) is 0 Å². The summed E-state index contributed by atoms with van der Waals surface area (Å²) in [5.74, 6) is -0.204. The molecule has 0 aliphatic carbocycles. The lowest BCUT2D eigenvalue weighted by molar-refractivity contribution is -0.141. The summed E-state index contributed by atoms with van der Waals surface area (Å²) in [5, 5.41) is 0. The highest BCUT2D eigenvalue weighted by atomic mass is 16.6. The monoisotopic (exact) mass is 440 g/mol. The van der Waals surface area contributed by atoms with Gasteiger partial charge in [0.15, 0.2) is 0 Å². The minimum Gasteiger partial charge on any atom is -0.445 e. The Labute approximate surface area is 194 Å². The van der Waals surface area contributed by atoms with Crippen LogP contribution in [0.25, 0.3) is 0 Å². The molecule has 3 atom stereocenters. The van der Waals surface area contributed by atoms with E-state index in [1.165, 1.54) is 5.56 Å². The fourth-order valence-electron chi connectivity index (χ4n) is 5.14. The summed E-state index contributed by atoms with van der Waals surface area (Å²) < 4.78 is 5.70. The molecule has 2 bridgehead atoms. The summed E-state index contributed by atoms with van der Waals surface area (Å²) in [5.41, 5.74) is 3.16. The average molecular weight is 441 g/mol. The van der Waals surface area contributed by atoms with Gasteiger partial charge in [-0.1, -0.05) is 91.0 Å². The molecule has 3 aromatic carbocycles. The fraction of sp³-hybridized carbons (Fsp3) is 0.286. The molecule has 2 aliphatic rings. The number of hydrogen-bond acceptors (Lipinski definition) is 4. The van der Waals surface area contributed by atoms with Crippen LogP contribution in [0.3, 0.4) is 0 Å². The van der Waals surface area contributed by atoms with Crippen LogP contribution in [-0.4, -0.2) is 41.3 Å². The quantitative estimate of drug-likeness (QED) is 0.577. The van der Waals surface area contributed by atoms with Gasteiger partial charge in [0.25, 0.3) is 0 Å². The van der Waals surface area contributed by atoms with Gasteiger partial charge in [0.05, 0.1) is 12.0 Å². The number of ether oxygens (including phenoxy) is 1. The van der Waals surface area contributed by atoms with Crippen LogP contribution < -0.4 is 0 Å². The van der Waals surface area contributed by atoms with Crippen LogP contribution in [0, 0.1) is 11.8 Å². The van der Waals surface area contributed by atoms with Crippen molar-refractivity contribution < 1.29 is 14.3 Å². The van der Waals surface area contributed by atoms with E-state index in [4.69, 9.17) is 4.74 Å². The molecule has 0 spiro atoms. The smallest absolute Gasteiger partial charge is 0.410 e. The number of carbonyl (C=O) groups is 2. The van der Waals surface area contributed by atoms with Crippen LogP contribution in [0.15, 0.2) is 91.0 Å². The average Bonchev–Trinajstić information content (AvgIpc) is 2.85. The minimum atomic E-state index is -0.355. The molecule has 1 amide bonds. The Hall–Kier alpha value is -3.44. The SMILES string of the molecule is O=C1C2CN(Cc3ccccc3)CC1C(c1ccccc1)N(C(=O)OCc1ccccc1)C2. The summed E-state index contributed by atoms with van der Waals surface area (Å²) in [6, 6.07) is 29.6. The number of rotatable bonds is 5. The lowest BCUT2D eigenvalue weighted by atomic mass is 9.75. The fourth-order valence-corrected chi connectivity index (χ4v) is 5.14. The number of benzene rings is 3. The molecule has 3 aromatic rings. The maximum absolute atomic E-state index is 13.3. The predicted molar refractivity (Wildman–Crippen MR) is 126 cm³/mol. The Bertz CT molecular complexity index is 1090. The van der Waals surface area contributed by atoms with Gasteiger partial charge in [0.2, 0.25) is 0 Å². The molecular formula is C28H28N2O3. The Balaban J connectivity index is 1.38. The van der Waals surface area contributed by atoms with E-state index < -0.39 is 0 Å². The number of carbonyl (C=O) groups excluding carboxylic acids is 2. The van der Waals surface area contributed by atoms with Crippen molar-refractivity contribution in [2.24, 2.45) is 11.8 Å². The third-order valence-corrected chi connectivity index (χ3v) is 6.67. The van der Waals surface area contributed by atoms with Crippen molar-refractivity contribution >= 4 is 11.9 Å². The summed E-state index contributed by atoms with van der Waals surface area (Å²) in [6.07, 6.45) is -0.355. The number of piperidine rings is 2. The molecule has 2 saturated heterocycles. The lowest BCUT2D eigenvalue weighted by Crippen LogP contribution is -2.60. The third-order valence-electron chi connectivity index (χ3n) is 6.67. The first kappa shape index (κ1) is 21.4. The normalized spacial score (nSPS) is 22.7. The highest BCUT2D eigenvalue weighted by Gasteiger charge is 2.49. The van der Waals surface area contributed by atoms with Crippen LogP contribution in [0.4, 0.5) is 4.79 Å². The second kappa shape index (κ2) is 9.59. The van der Waals surface area contributed by atoms with Crippen molar-refractivity contribution in [3.63, 3.8) is 0 Å². The third kappa shape index (κ3) is 4.69. The number of Topliss-reactive ketones (excluding diaryl/α,β-unsaturated/α-hetero) is 1. The van der Waals surface area contributed by atoms with Crippen LogP contribution in [0.1, 0.15) is 22.7 Å². The molecule has 0 aromatic heterocycles. The number of amides is 1. The minimum absolute atomic E-state index is 0.198. The van der Waals surface area contributed by atoms with Gasteiger partial charge in [0, 0.05) is 32.1 Å². The number of likely N-dealkylation sites (tertiary alicyclic amines) is 2. The van der Waals surface area contributed by atoms with Crippen LogP contribution in [0.5, 0.6) is 0 Å². The molecule has 2 heterocycles. The number of ketones is 1. The van der Waals surface area contributed by atoms with Crippen LogP contribution in [-0.2, 0) is 22.7 Å². The molecule has 0 radical (unpaired) electrons. The summed E-state index contributed by atoms with van der Waals surface area (Å²) in [7, 11) is 0. The van der Waals surface area contributed by atoms with E-state index in [0.29, 0.717) is 19.6 Å². The van der Waals surface area contributed by atoms with Crippen molar-refractivity contribution in [1.82, 2.24) is 9.80 Å². The van der Waals surface area contributed by atoms with E-state index in [9.17, 15) is 9.59 Å². The maximum Gasteiger partial charge on any atom is 0.410 e. The van der Waals surface area contributed by atoms with Gasteiger partial charge in [-0.3, -0.25) is 14.6 Å². The molecular weight excluding hydrogens is 412 g/mol. The summed E-state index contributed by atoms with van der Waals surface area (Å²) in [4.78, 5) is 30.7. The second-order valence-corrected chi connectivity index (χ2v) is 8.93. The van der Waals surface area contributed by atoms with Crippen molar-refractivity contribution in [2.75, 3.05) is 19.6 Å². The highest BCUT2D eigenvalue weighted by molar-refractivity contribution is 5.88. The maximum atomic E-state index is 13.3. The molecule has 2 fully saturated rings. The first-order valence-electron chi connectivity index (χ1n) is 11.5. The molecule has 5 nitrogen and oxygen atoms in total. The van der Waals surface area contributed by atoms with E-state index in [1.807, 2.05) is 78.9 Å². The number of fused-ring (bicyclic) bond motifs is 2. The van der Waals surface area contributed by atoms with Crippen LogP contribution >= 0.6 is 0 Å². The largest absolute Gasteiger partial charge is 0.445 e. The van der Waals surface area contributed by atoms with E-state index >= 15 is 0 Å². The van der Waals surface area contributed by atoms with E-state index in [1.54, 1.807) is 4.90 Å². The summed E-state index contributed by atoms with van der Waals surface area (Å²) in [6.45, 7) is 2.70. The van der Waals surface area contributed by atoms with Gasteiger partial charge in [0.1, 0.15) is 12.4 Å². The Morgan fingerprint density at radius 3 is 2.06 bits per heavy atom. The van der Waals surface area contributed by atoms with E-state index in [-0.39, 0.29) is 36.4 Å². The molecule has 0 saturated carbocycles. The van der Waals surface area contributed by atoms with E-state index in [2.05, 4.69) is 17.0 Å². The first-order valence-corrected chi connectivity index (χ1v) is 11.5. The Kier molecular flexibility index (Phi) is 6.22. The first-order chi connectivity index (χ1) is 16.2. The number of hydrogen-bond donors (Lipinski definition) is 0. The molecule has 5 heteroatoms. The van der Waals surface area contributed by atoms with Gasteiger partial charge in [-0.2, -0.15) is 0 Å². The molecule has 5 rings (SSSR count). The van der Waals surface area contributed by atoms with Gasteiger partial charge < -0.3 is 4.74 Å². The Morgan fingerprint density at radius 1 is 0.788 bits per heavy atom. The Morgan fingerprint density at radius 2 is 1.39 bits per heavy atom. The van der Waals surface area contributed by atoms with Crippen molar-refractivity contribution in [2.45, 2.75) is 19.2 Å². The van der Waals surface area contributed by atoms with E-state index in [0.717, 1.165) is 17.7 Å². The zero-order valence-corrected chi connectivity index (χ0v) is 18.5. The molecule has 3 unspecified atom stereocenters. The predicted octanol–water partition coefficient (Wildman–Crippen LogP) is 4.70. The molecule has 33 heavy (non-hydrogen) atoms. The molecule has 2 aliphatic heterocycles. The zero-order chi connectivity index (χ0) is 22.6. The standard InChI is InChI=1S/C28H28N2O3/c31-27-24-17-29(16-21-10-4-1-5-11-21)19-25(27)26(23-14-8-3-9-15-23)30(18-24)28(32)33-20-22-12-6-2-7-13-22/h1-15,24-26H,16-20H2. The molecule has 168 valence electrons. The lowest BCUT2D eigenvalue weighted by Gasteiger charge is -2.49. The van der Waals surface area contributed by atoms with Crippen molar-refractivity contribution in [1.29, 1.82) is 0 Å². The van der Waals surface area contributed by atoms with Crippen molar-refractivity contribution in [3.8, 4) is 0 Å². The van der Waals surface area contributed by atoms with Gasteiger partial charge >= 0.3 is 6.09 Å². The highest BCUT2D eigenvalue weighted by Crippen LogP contribution is 2.40. The van der Waals surface area contributed by atoms with Gasteiger partial charge in [-0.05, 0) is 16.7 Å². The summed E-state index contributed by atoms with van der Waals surface area (Å²) >= 11 is 0. The van der Waals surface area contributed by atoms with Crippen LogP contribution in [0.2, 0.25) is 0 Å². The second-order valence-electron chi connectivity index (χ2n) is 8.93. The zero-order valence-electron chi connectivity index (χ0n) is 18.5. The number of nitrogens with zero attached hydrogens (tertiary/aromatic N) is 2. The molecule has 0 N–H and O–H groups in total. The van der Waals surface area contributed by atoms with Crippen molar-refractivity contribution in [3.05, 3.63) is 108 Å². The topological polar surface area (TPSA) is 49.9 Å².